The Kier molecular flexibility index (Phi) is 7.56. The fourth-order valence-corrected chi connectivity index (χ4v) is 7.62. The molecule has 0 fully saturated rings. The first-order chi connectivity index (χ1) is 24.1. The molecular weight excluding hydrogens is 609 g/mol. The number of hydrogen-bond donors (Lipinski definition) is 0. The molecule has 0 unspecified atom stereocenters. The third-order valence-corrected chi connectivity index (χ3v) is 10.3. The summed E-state index contributed by atoms with van der Waals surface area (Å²) in [5.41, 5.74) is 21.1. The van der Waals surface area contributed by atoms with Crippen molar-refractivity contribution in [2.24, 2.45) is 20.0 Å². The summed E-state index contributed by atoms with van der Waals surface area (Å²) < 4.78 is 0. The summed E-state index contributed by atoms with van der Waals surface area (Å²) in [6, 6.07) is 34.4. The highest BCUT2D eigenvalue weighted by molar-refractivity contribution is 6.66. The zero-order valence-electron chi connectivity index (χ0n) is 30.0. The molecule has 4 nitrogen and oxygen atoms in total. The number of rotatable bonds is 4. The first-order valence-corrected chi connectivity index (χ1v) is 17.3. The minimum atomic E-state index is 0.900. The van der Waals surface area contributed by atoms with Gasteiger partial charge in [0, 0.05) is 33.0 Å². The van der Waals surface area contributed by atoms with Gasteiger partial charge < -0.3 is 0 Å². The van der Waals surface area contributed by atoms with E-state index in [4.69, 9.17) is 20.0 Å². The van der Waals surface area contributed by atoms with Crippen LogP contribution >= 0.6 is 0 Å². The second kappa shape index (κ2) is 12.0. The smallest absolute Gasteiger partial charge is 0.0979 e. The molecule has 0 amide bonds. The van der Waals surface area contributed by atoms with Gasteiger partial charge in [0.15, 0.2) is 0 Å². The summed E-state index contributed by atoms with van der Waals surface area (Å²) in [6.45, 7) is 17.1. The van der Waals surface area contributed by atoms with Crippen molar-refractivity contribution >= 4 is 56.4 Å². The second-order valence-electron chi connectivity index (χ2n) is 13.9. The Morgan fingerprint density at radius 3 is 0.620 bits per heavy atom. The van der Waals surface area contributed by atoms with Crippen LogP contribution in [0.5, 0.6) is 0 Å². The standard InChI is InChI=1S/C46H40N4/c1-25-13-9-14-26(2)39(25)47-43-33-21-22-35-38-36(24-23-34(37(33)38)44(43)48-40-27(3)15-10-16-28(40)4)46(50-42-31(7)19-12-20-32(42)8)45(35)49-41-29(5)17-11-18-30(41)6/h9-24H,1-8H3. The predicted octanol–water partition coefficient (Wildman–Crippen LogP) is 11.8. The van der Waals surface area contributed by atoms with Crippen molar-refractivity contribution in [2.75, 3.05) is 0 Å². The first-order valence-electron chi connectivity index (χ1n) is 17.3. The zero-order chi connectivity index (χ0) is 34.8. The normalized spacial score (nSPS) is 16.6. The molecule has 0 N–H and O–H groups in total. The number of benzene rings is 6. The lowest BCUT2D eigenvalue weighted by Gasteiger charge is -2.11. The molecule has 0 atom stereocenters. The number of aryl methyl sites for hydroxylation is 8. The minimum Gasteiger partial charge on any atom is -0.246 e. The molecule has 0 radical (unpaired) electrons. The molecule has 244 valence electrons. The molecule has 6 aromatic rings. The SMILES string of the molecule is Cc1cccc(C)c1N=C1C(=Nc2c(C)cccc2C)c2ccc3c4c(ccc1c24)C(=Nc1c(C)cccc1C)C3=Nc1c(C)cccc1C. The van der Waals surface area contributed by atoms with Gasteiger partial charge in [-0.2, -0.15) is 0 Å². The Hall–Kier alpha value is -5.74. The average molecular weight is 649 g/mol. The van der Waals surface area contributed by atoms with Crippen LogP contribution in [-0.4, -0.2) is 22.8 Å². The third kappa shape index (κ3) is 4.97. The topological polar surface area (TPSA) is 49.4 Å². The van der Waals surface area contributed by atoms with E-state index in [9.17, 15) is 0 Å². The number of nitrogens with zero attached hydrogens (tertiary/aromatic N) is 4. The highest BCUT2D eigenvalue weighted by Gasteiger charge is 2.36. The van der Waals surface area contributed by atoms with Gasteiger partial charge in [0.05, 0.1) is 45.6 Å². The minimum absolute atomic E-state index is 0.900. The Bertz CT molecular complexity index is 2130. The Morgan fingerprint density at radius 2 is 0.440 bits per heavy atom. The van der Waals surface area contributed by atoms with Crippen LogP contribution in [0.15, 0.2) is 117 Å². The van der Waals surface area contributed by atoms with E-state index in [1.807, 2.05) is 0 Å². The van der Waals surface area contributed by atoms with Gasteiger partial charge in [-0.25, -0.2) is 20.0 Å². The van der Waals surface area contributed by atoms with Crippen molar-refractivity contribution < 1.29 is 0 Å². The fraction of sp³-hybridized carbons (Fsp3) is 0.174. The molecule has 0 saturated carbocycles. The van der Waals surface area contributed by atoms with Gasteiger partial charge >= 0.3 is 0 Å². The lowest BCUT2D eigenvalue weighted by Crippen LogP contribution is -2.12. The molecular formula is C46H40N4. The van der Waals surface area contributed by atoms with E-state index in [1.54, 1.807) is 0 Å². The lowest BCUT2D eigenvalue weighted by atomic mass is 9.99. The zero-order valence-corrected chi connectivity index (χ0v) is 30.0. The van der Waals surface area contributed by atoms with Crippen molar-refractivity contribution in [3.8, 4) is 0 Å². The summed E-state index contributed by atoms with van der Waals surface area (Å²) in [5.74, 6) is 0. The van der Waals surface area contributed by atoms with Crippen molar-refractivity contribution in [2.45, 2.75) is 55.4 Å². The quantitative estimate of drug-likeness (QED) is 0.183. The van der Waals surface area contributed by atoms with E-state index < -0.39 is 0 Å². The number of para-hydroxylation sites is 4. The lowest BCUT2D eigenvalue weighted by molar-refractivity contribution is 1.32. The predicted molar refractivity (Wildman–Crippen MR) is 212 cm³/mol. The van der Waals surface area contributed by atoms with E-state index in [2.05, 4.69) is 152 Å². The molecule has 0 heterocycles. The number of hydrogen-bond acceptors (Lipinski definition) is 4. The summed E-state index contributed by atoms with van der Waals surface area (Å²) in [6.07, 6.45) is 0. The second-order valence-corrected chi connectivity index (χ2v) is 13.9. The molecule has 8 rings (SSSR count). The molecule has 0 bridgehead atoms. The van der Waals surface area contributed by atoms with Crippen molar-refractivity contribution in [3.63, 3.8) is 0 Å². The van der Waals surface area contributed by atoms with Gasteiger partial charge in [0.1, 0.15) is 0 Å². The van der Waals surface area contributed by atoms with Crippen LogP contribution in [0.1, 0.15) is 66.8 Å². The van der Waals surface area contributed by atoms with Crippen LogP contribution in [0.2, 0.25) is 0 Å². The molecule has 0 aromatic heterocycles. The van der Waals surface area contributed by atoms with Gasteiger partial charge in [-0.05, 0) is 99.9 Å². The fourth-order valence-electron chi connectivity index (χ4n) is 7.62. The monoisotopic (exact) mass is 648 g/mol. The Balaban J connectivity index is 1.48. The molecule has 0 spiro atoms. The maximum Gasteiger partial charge on any atom is 0.0979 e. The van der Waals surface area contributed by atoms with Crippen LogP contribution in [-0.2, 0) is 0 Å². The van der Waals surface area contributed by atoms with Gasteiger partial charge in [0.2, 0.25) is 0 Å². The Labute approximate surface area is 294 Å². The molecule has 6 aromatic carbocycles. The molecule has 50 heavy (non-hydrogen) atoms. The molecule has 2 aliphatic carbocycles. The van der Waals surface area contributed by atoms with Gasteiger partial charge in [-0.3, -0.25) is 0 Å². The summed E-state index contributed by atoms with van der Waals surface area (Å²) >= 11 is 0. The summed E-state index contributed by atoms with van der Waals surface area (Å²) in [7, 11) is 0. The van der Waals surface area contributed by atoms with E-state index in [1.165, 1.54) is 0 Å². The van der Waals surface area contributed by atoms with Crippen LogP contribution in [0.4, 0.5) is 22.7 Å². The molecule has 4 heteroatoms. The Morgan fingerprint density at radius 1 is 0.260 bits per heavy atom. The van der Waals surface area contributed by atoms with Gasteiger partial charge in [-0.15, -0.1) is 0 Å². The summed E-state index contributed by atoms with van der Waals surface area (Å²) in [4.78, 5) is 21.8. The van der Waals surface area contributed by atoms with Crippen LogP contribution in [0, 0.1) is 55.4 Å². The van der Waals surface area contributed by atoms with Crippen molar-refractivity contribution in [1.82, 2.24) is 0 Å². The van der Waals surface area contributed by atoms with E-state index in [0.717, 1.165) is 123 Å². The maximum absolute atomic E-state index is 5.46. The van der Waals surface area contributed by atoms with E-state index in [0.29, 0.717) is 0 Å². The van der Waals surface area contributed by atoms with Gasteiger partial charge in [-0.1, -0.05) is 97.1 Å². The first kappa shape index (κ1) is 31.5. The average Bonchev–Trinajstić information content (AvgIpc) is 3.54. The molecule has 0 saturated heterocycles. The van der Waals surface area contributed by atoms with Crippen LogP contribution < -0.4 is 0 Å². The number of aliphatic imine (C=N–C) groups is 4. The van der Waals surface area contributed by atoms with Crippen molar-refractivity contribution in [1.29, 1.82) is 0 Å². The van der Waals surface area contributed by atoms with Crippen LogP contribution in [0.3, 0.4) is 0 Å². The van der Waals surface area contributed by atoms with E-state index >= 15 is 0 Å². The largest absolute Gasteiger partial charge is 0.246 e. The third-order valence-electron chi connectivity index (χ3n) is 10.3. The van der Waals surface area contributed by atoms with E-state index in [-0.39, 0.29) is 0 Å². The maximum atomic E-state index is 5.46. The highest BCUT2D eigenvalue weighted by Crippen LogP contribution is 2.44. The molecule has 0 aliphatic heterocycles. The van der Waals surface area contributed by atoms with Crippen LogP contribution in [0.25, 0.3) is 10.8 Å². The van der Waals surface area contributed by atoms with Gasteiger partial charge in [0.25, 0.3) is 0 Å². The highest BCUT2D eigenvalue weighted by atomic mass is 14.9. The van der Waals surface area contributed by atoms with Crippen molar-refractivity contribution in [3.05, 3.63) is 164 Å². The summed E-state index contributed by atoms with van der Waals surface area (Å²) in [5, 5.41) is 2.33. The molecule has 2 aliphatic rings.